The first kappa shape index (κ1) is 18.2. The molecular weight excluding hydrogens is 383 g/mol. The second kappa shape index (κ2) is 6.97. The molecule has 0 amide bonds. The highest BCUT2D eigenvalue weighted by atomic mass is 35.5. The summed E-state index contributed by atoms with van der Waals surface area (Å²) >= 11 is 12.5. The Morgan fingerprint density at radius 3 is 2.38 bits per heavy atom. The third kappa shape index (κ3) is 3.51. The van der Waals surface area contributed by atoms with Gasteiger partial charge in [0, 0.05) is 24.2 Å². The van der Waals surface area contributed by atoms with Gasteiger partial charge in [-0.1, -0.05) is 42.2 Å². The molecule has 1 N–H and O–H groups in total. The van der Waals surface area contributed by atoms with E-state index >= 15 is 0 Å². The van der Waals surface area contributed by atoms with Crippen molar-refractivity contribution in [3.05, 3.63) is 54.7 Å². The number of hydrogen-bond acceptors (Lipinski definition) is 6. The van der Waals surface area contributed by atoms with Gasteiger partial charge < -0.3 is 4.74 Å². The lowest BCUT2D eigenvalue weighted by atomic mass is 10.1. The smallest absolute Gasteiger partial charge is 0.434 e. The normalized spacial score (nSPS) is 11.2. The molecule has 2 heterocycles. The Balaban J connectivity index is 2.01. The minimum Gasteiger partial charge on any atom is -0.434 e. The van der Waals surface area contributed by atoms with Gasteiger partial charge in [-0.3, -0.25) is 14.3 Å². The second-order valence-electron chi connectivity index (χ2n) is 5.84. The number of halogens is 2. The topological polar surface area (TPSA) is 103 Å². The average Bonchev–Trinajstić information content (AvgIpc) is 3.00. The highest BCUT2D eigenvalue weighted by molar-refractivity contribution is 6.37. The van der Waals surface area contributed by atoms with Crippen LogP contribution in [0.15, 0.2) is 32.3 Å². The van der Waals surface area contributed by atoms with E-state index in [1.165, 1.54) is 23.9 Å². The van der Waals surface area contributed by atoms with E-state index in [2.05, 4.69) is 19.8 Å². The maximum atomic E-state index is 12.1. The molecule has 26 heavy (non-hydrogen) atoms. The van der Waals surface area contributed by atoms with Crippen LogP contribution in [0, 0.1) is 0 Å². The number of nitrogens with one attached hydrogen (secondary N) is 1. The van der Waals surface area contributed by atoms with Crippen LogP contribution < -0.4 is 16.1 Å². The van der Waals surface area contributed by atoms with Crippen molar-refractivity contribution in [1.29, 1.82) is 0 Å². The number of rotatable bonds is 4. The van der Waals surface area contributed by atoms with Crippen molar-refractivity contribution < 1.29 is 9.26 Å². The Labute approximate surface area is 157 Å². The van der Waals surface area contributed by atoms with Gasteiger partial charge >= 0.3 is 5.76 Å². The van der Waals surface area contributed by atoms with Gasteiger partial charge in [0.2, 0.25) is 5.88 Å². The molecule has 0 fully saturated rings. The summed E-state index contributed by atoms with van der Waals surface area (Å²) in [4.78, 5) is 25.6. The molecule has 0 spiro atoms. The fourth-order valence-corrected chi connectivity index (χ4v) is 2.88. The van der Waals surface area contributed by atoms with Gasteiger partial charge in [-0.25, -0.2) is 9.48 Å². The summed E-state index contributed by atoms with van der Waals surface area (Å²) in [5, 5.41) is 8.01. The molecule has 8 nitrogen and oxygen atoms in total. The van der Waals surface area contributed by atoms with Crippen LogP contribution in [0.5, 0.6) is 11.6 Å². The molecule has 0 atom stereocenters. The van der Waals surface area contributed by atoms with E-state index in [1.54, 1.807) is 6.07 Å². The van der Waals surface area contributed by atoms with Crippen molar-refractivity contribution in [2.24, 2.45) is 7.05 Å². The zero-order valence-electron chi connectivity index (χ0n) is 14.0. The van der Waals surface area contributed by atoms with Crippen LogP contribution >= 0.6 is 23.2 Å². The molecule has 2 aromatic heterocycles. The average molecular weight is 397 g/mol. The summed E-state index contributed by atoms with van der Waals surface area (Å²) in [6, 6.07) is 4.59. The van der Waals surface area contributed by atoms with Crippen molar-refractivity contribution in [2.75, 3.05) is 0 Å². The predicted molar refractivity (Wildman–Crippen MR) is 96.2 cm³/mol. The van der Waals surface area contributed by atoms with Crippen LogP contribution in [-0.2, 0) is 7.05 Å². The van der Waals surface area contributed by atoms with Crippen molar-refractivity contribution in [3.8, 4) is 23.0 Å². The van der Waals surface area contributed by atoms with Gasteiger partial charge in [-0.2, -0.15) is 0 Å². The summed E-state index contributed by atoms with van der Waals surface area (Å²) in [5.41, 5.74) is 0.811. The standard InChI is InChI=1S/C16H14Cl2N4O4/c1-7(2)9-6-12(20-22(3)15(9)23)25-13-10(17)4-8(5-11(13)18)14-19-16(24)26-21-14/h4-7H,1-3H3,(H,19,21,24). The van der Waals surface area contributed by atoms with Crippen molar-refractivity contribution in [1.82, 2.24) is 19.9 Å². The summed E-state index contributed by atoms with van der Waals surface area (Å²) in [6.45, 7) is 3.79. The lowest BCUT2D eigenvalue weighted by molar-refractivity contribution is 0.388. The fraction of sp³-hybridized carbons (Fsp3) is 0.250. The summed E-state index contributed by atoms with van der Waals surface area (Å²) in [7, 11) is 1.54. The van der Waals surface area contributed by atoms with Gasteiger partial charge in [0.15, 0.2) is 11.6 Å². The summed E-state index contributed by atoms with van der Waals surface area (Å²) in [5.74, 6) is -0.154. The molecule has 0 aliphatic carbocycles. The molecule has 136 valence electrons. The molecular formula is C16H14Cl2N4O4. The molecule has 1 aromatic carbocycles. The van der Waals surface area contributed by atoms with Crippen molar-refractivity contribution in [2.45, 2.75) is 19.8 Å². The molecule has 0 radical (unpaired) electrons. The number of ether oxygens (including phenoxy) is 1. The first-order chi connectivity index (χ1) is 12.3. The van der Waals surface area contributed by atoms with Crippen LogP contribution in [-0.4, -0.2) is 19.9 Å². The molecule has 3 rings (SSSR count). The maximum Gasteiger partial charge on any atom is 0.439 e. The zero-order chi connectivity index (χ0) is 19.0. The second-order valence-corrected chi connectivity index (χ2v) is 6.65. The Kier molecular flexibility index (Phi) is 4.88. The Hall–Kier alpha value is -2.58. The van der Waals surface area contributed by atoms with Crippen molar-refractivity contribution in [3.63, 3.8) is 0 Å². The van der Waals surface area contributed by atoms with E-state index in [9.17, 15) is 9.59 Å². The van der Waals surface area contributed by atoms with Gasteiger partial charge in [0.1, 0.15) is 0 Å². The summed E-state index contributed by atoms with van der Waals surface area (Å²) in [6.07, 6.45) is 0. The Morgan fingerprint density at radius 1 is 1.19 bits per heavy atom. The number of hydrogen-bond donors (Lipinski definition) is 1. The number of aryl methyl sites for hydroxylation is 1. The van der Waals surface area contributed by atoms with Gasteiger partial charge in [0.25, 0.3) is 5.56 Å². The third-order valence-corrected chi connectivity index (χ3v) is 4.17. The minimum atomic E-state index is -0.691. The number of H-pyrrole nitrogens is 1. The van der Waals surface area contributed by atoms with E-state index in [0.29, 0.717) is 11.1 Å². The van der Waals surface area contributed by atoms with Gasteiger partial charge in [-0.05, 0) is 18.1 Å². The SMILES string of the molecule is CC(C)c1cc(Oc2c(Cl)cc(-c3noc(=O)[nH]3)cc2Cl)nn(C)c1=O. The third-order valence-electron chi connectivity index (χ3n) is 3.61. The van der Waals surface area contributed by atoms with Crippen LogP contribution in [0.4, 0.5) is 0 Å². The monoisotopic (exact) mass is 396 g/mol. The molecule has 0 bridgehead atoms. The van der Waals surface area contributed by atoms with Crippen LogP contribution in [0.1, 0.15) is 25.3 Å². The number of benzene rings is 1. The van der Waals surface area contributed by atoms with E-state index < -0.39 is 5.76 Å². The molecule has 0 aliphatic heterocycles. The molecule has 0 unspecified atom stereocenters. The van der Waals surface area contributed by atoms with E-state index in [4.69, 9.17) is 27.9 Å². The largest absolute Gasteiger partial charge is 0.439 e. The molecule has 10 heteroatoms. The summed E-state index contributed by atoms with van der Waals surface area (Å²) < 4.78 is 11.4. The molecule has 0 saturated carbocycles. The highest BCUT2D eigenvalue weighted by Crippen LogP contribution is 2.39. The van der Waals surface area contributed by atoms with Crippen LogP contribution in [0.2, 0.25) is 10.0 Å². The van der Waals surface area contributed by atoms with E-state index in [-0.39, 0.29) is 39.0 Å². The quantitative estimate of drug-likeness (QED) is 0.724. The molecule has 0 saturated heterocycles. The van der Waals surface area contributed by atoms with E-state index in [1.807, 2.05) is 13.8 Å². The maximum absolute atomic E-state index is 12.1. The first-order valence-electron chi connectivity index (χ1n) is 7.57. The highest BCUT2D eigenvalue weighted by Gasteiger charge is 2.17. The fourth-order valence-electron chi connectivity index (χ4n) is 2.32. The van der Waals surface area contributed by atoms with Gasteiger partial charge in [0.05, 0.1) is 10.0 Å². The number of aromatic nitrogens is 4. The molecule has 3 aromatic rings. The molecule has 0 aliphatic rings. The Bertz CT molecular complexity index is 1060. The number of nitrogens with zero attached hydrogens (tertiary/aromatic N) is 3. The predicted octanol–water partition coefficient (Wildman–Crippen LogP) is 3.35. The van der Waals surface area contributed by atoms with E-state index in [0.717, 1.165) is 0 Å². The lowest BCUT2D eigenvalue weighted by Gasteiger charge is -2.13. The minimum absolute atomic E-state index is 0.00337. The van der Waals surface area contributed by atoms with Crippen LogP contribution in [0.3, 0.4) is 0 Å². The Morgan fingerprint density at radius 2 is 1.85 bits per heavy atom. The zero-order valence-corrected chi connectivity index (χ0v) is 15.6. The lowest BCUT2D eigenvalue weighted by Crippen LogP contribution is -2.24. The first-order valence-corrected chi connectivity index (χ1v) is 8.33. The van der Waals surface area contributed by atoms with Crippen LogP contribution in [0.25, 0.3) is 11.4 Å². The number of aromatic amines is 1. The van der Waals surface area contributed by atoms with Crippen molar-refractivity contribution >= 4 is 23.2 Å². The van der Waals surface area contributed by atoms with Gasteiger partial charge in [-0.15, -0.1) is 5.10 Å².